The average molecular weight is 340 g/mol. The first-order valence-corrected chi connectivity index (χ1v) is 8.19. The van der Waals surface area contributed by atoms with Crippen LogP contribution in [0.25, 0.3) is 0 Å². The molecule has 1 aromatic rings. The summed E-state index contributed by atoms with van der Waals surface area (Å²) >= 11 is 11.5. The van der Waals surface area contributed by atoms with E-state index in [2.05, 4.69) is 5.32 Å². The Kier molecular flexibility index (Phi) is 5.82. The topological polar surface area (TPSA) is 83.5 Å². The van der Waals surface area contributed by atoms with Crippen molar-refractivity contribution < 1.29 is 18.3 Å². The highest BCUT2D eigenvalue weighted by Gasteiger charge is 2.24. The third-order valence-corrected chi connectivity index (χ3v) is 4.56. The molecule has 2 N–H and O–H groups in total. The van der Waals surface area contributed by atoms with E-state index in [4.69, 9.17) is 28.3 Å². The van der Waals surface area contributed by atoms with Gasteiger partial charge in [-0.3, -0.25) is 10.1 Å². The highest BCUT2D eigenvalue weighted by atomic mass is 35.5. The largest absolute Gasteiger partial charge is 0.480 e. The summed E-state index contributed by atoms with van der Waals surface area (Å²) in [6, 6.07) is 3.02. The zero-order valence-electron chi connectivity index (χ0n) is 10.9. The standard InChI is InChI=1S/C12H15Cl2NO4S/c1-7(2)11(12(16)17)15-6-20(18,19)10-4-8(13)3-9(14)5-10/h3-5,7,11,15H,6H2,1-2H3,(H,16,17)/t11-/m0/s1. The molecule has 0 fully saturated rings. The molecule has 0 amide bonds. The smallest absolute Gasteiger partial charge is 0.320 e. The fourth-order valence-electron chi connectivity index (χ4n) is 1.60. The quantitative estimate of drug-likeness (QED) is 0.831. The Bertz CT molecular complexity index is 581. The fraction of sp³-hybridized carbons (Fsp3) is 0.417. The molecule has 5 nitrogen and oxygen atoms in total. The van der Waals surface area contributed by atoms with Crippen molar-refractivity contribution >= 4 is 39.0 Å². The Labute approximate surface area is 127 Å². The maximum atomic E-state index is 12.1. The van der Waals surface area contributed by atoms with Crippen molar-refractivity contribution in [2.24, 2.45) is 5.92 Å². The SMILES string of the molecule is CC(C)[C@H](NCS(=O)(=O)c1cc(Cl)cc(Cl)c1)C(=O)O. The first kappa shape index (κ1) is 17.2. The number of nitrogens with one attached hydrogen (secondary N) is 1. The molecule has 0 radical (unpaired) electrons. The maximum Gasteiger partial charge on any atom is 0.320 e. The number of halogens is 2. The summed E-state index contributed by atoms with van der Waals surface area (Å²) in [6.45, 7) is 3.38. The summed E-state index contributed by atoms with van der Waals surface area (Å²) in [5, 5.41) is 11.9. The van der Waals surface area contributed by atoms with Crippen LogP contribution in [-0.4, -0.2) is 31.4 Å². The van der Waals surface area contributed by atoms with Crippen molar-refractivity contribution in [2.75, 3.05) is 5.88 Å². The van der Waals surface area contributed by atoms with Crippen LogP contribution in [0.15, 0.2) is 23.1 Å². The Hall–Kier alpha value is -0.820. The van der Waals surface area contributed by atoms with E-state index in [1.54, 1.807) is 13.8 Å². The van der Waals surface area contributed by atoms with E-state index in [0.717, 1.165) is 0 Å². The summed E-state index contributed by atoms with van der Waals surface area (Å²) in [6.07, 6.45) is 0. The molecule has 1 aromatic carbocycles. The molecule has 0 saturated carbocycles. The van der Waals surface area contributed by atoms with E-state index >= 15 is 0 Å². The van der Waals surface area contributed by atoms with Gasteiger partial charge in [0.05, 0.1) is 4.90 Å². The third-order valence-electron chi connectivity index (χ3n) is 2.62. The maximum absolute atomic E-state index is 12.1. The summed E-state index contributed by atoms with van der Waals surface area (Å²) in [4.78, 5) is 11.0. The van der Waals surface area contributed by atoms with Crippen LogP contribution in [0.4, 0.5) is 0 Å². The van der Waals surface area contributed by atoms with Crippen LogP contribution >= 0.6 is 23.2 Å². The van der Waals surface area contributed by atoms with E-state index in [1.807, 2.05) is 0 Å². The van der Waals surface area contributed by atoms with E-state index < -0.39 is 27.7 Å². The number of hydrogen-bond acceptors (Lipinski definition) is 4. The van der Waals surface area contributed by atoms with Gasteiger partial charge < -0.3 is 5.11 Å². The zero-order chi connectivity index (χ0) is 15.5. The first-order valence-electron chi connectivity index (χ1n) is 5.78. The second-order valence-electron chi connectivity index (χ2n) is 4.63. The number of hydrogen-bond donors (Lipinski definition) is 2. The van der Waals surface area contributed by atoms with Gasteiger partial charge in [-0.05, 0) is 24.1 Å². The number of carboxylic acid groups (broad SMARTS) is 1. The van der Waals surface area contributed by atoms with Crippen molar-refractivity contribution in [1.82, 2.24) is 5.32 Å². The Balaban J connectivity index is 2.92. The van der Waals surface area contributed by atoms with Crippen molar-refractivity contribution in [2.45, 2.75) is 24.8 Å². The van der Waals surface area contributed by atoms with Crippen molar-refractivity contribution in [1.29, 1.82) is 0 Å². The lowest BCUT2D eigenvalue weighted by Crippen LogP contribution is -2.43. The van der Waals surface area contributed by atoms with Crippen LogP contribution in [0.5, 0.6) is 0 Å². The predicted octanol–water partition coefficient (Wildman–Crippen LogP) is 2.42. The van der Waals surface area contributed by atoms with Gasteiger partial charge in [0, 0.05) is 10.0 Å². The average Bonchev–Trinajstić information content (AvgIpc) is 2.26. The predicted molar refractivity (Wildman–Crippen MR) is 77.9 cm³/mol. The molecule has 0 aliphatic rings. The van der Waals surface area contributed by atoms with E-state index in [9.17, 15) is 13.2 Å². The molecule has 0 aliphatic carbocycles. The van der Waals surface area contributed by atoms with Crippen molar-refractivity contribution in [3.8, 4) is 0 Å². The lowest BCUT2D eigenvalue weighted by atomic mass is 10.1. The molecule has 112 valence electrons. The molecule has 0 saturated heterocycles. The number of carbonyl (C=O) groups is 1. The molecular formula is C12H15Cl2NO4S. The molecule has 0 aromatic heterocycles. The molecular weight excluding hydrogens is 325 g/mol. The van der Waals surface area contributed by atoms with Crippen LogP contribution in [0, 0.1) is 5.92 Å². The zero-order valence-corrected chi connectivity index (χ0v) is 13.3. The van der Waals surface area contributed by atoms with Gasteiger partial charge in [-0.15, -0.1) is 0 Å². The second kappa shape index (κ2) is 6.76. The van der Waals surface area contributed by atoms with Crippen LogP contribution < -0.4 is 5.32 Å². The van der Waals surface area contributed by atoms with Crippen LogP contribution in [0.2, 0.25) is 10.0 Å². The van der Waals surface area contributed by atoms with Gasteiger partial charge in [0.25, 0.3) is 0 Å². The second-order valence-corrected chi connectivity index (χ2v) is 7.49. The van der Waals surface area contributed by atoms with E-state index in [1.165, 1.54) is 18.2 Å². The van der Waals surface area contributed by atoms with E-state index in [0.29, 0.717) is 0 Å². The third kappa shape index (κ3) is 4.63. The minimum atomic E-state index is -3.71. The van der Waals surface area contributed by atoms with Gasteiger partial charge in [0.2, 0.25) is 0 Å². The van der Waals surface area contributed by atoms with Gasteiger partial charge in [0.1, 0.15) is 11.9 Å². The molecule has 1 atom stereocenters. The summed E-state index contributed by atoms with van der Waals surface area (Å²) in [5.41, 5.74) is 0. The molecule has 0 unspecified atom stereocenters. The lowest BCUT2D eigenvalue weighted by Gasteiger charge is -2.18. The number of aliphatic carboxylic acids is 1. The molecule has 0 heterocycles. The molecule has 20 heavy (non-hydrogen) atoms. The number of rotatable bonds is 6. The van der Waals surface area contributed by atoms with E-state index in [-0.39, 0.29) is 20.9 Å². The minimum absolute atomic E-state index is 0.0459. The molecule has 8 heteroatoms. The monoisotopic (exact) mass is 339 g/mol. The molecule has 0 aliphatic heterocycles. The first-order chi connectivity index (χ1) is 9.13. The summed E-state index contributed by atoms with van der Waals surface area (Å²) < 4.78 is 24.2. The number of sulfone groups is 1. The normalized spacial score (nSPS) is 13.4. The van der Waals surface area contributed by atoms with Crippen molar-refractivity contribution in [3.05, 3.63) is 28.2 Å². The van der Waals surface area contributed by atoms with Gasteiger partial charge in [0.15, 0.2) is 9.84 Å². The molecule has 0 spiro atoms. The van der Waals surface area contributed by atoms with Gasteiger partial charge in [-0.25, -0.2) is 8.42 Å². The summed E-state index contributed by atoms with van der Waals surface area (Å²) in [5.74, 6) is -1.84. The molecule has 1 rings (SSSR count). The molecule has 0 bridgehead atoms. The lowest BCUT2D eigenvalue weighted by molar-refractivity contribution is -0.140. The van der Waals surface area contributed by atoms with Gasteiger partial charge in [-0.1, -0.05) is 37.0 Å². The van der Waals surface area contributed by atoms with Crippen LogP contribution in [0.1, 0.15) is 13.8 Å². The number of carboxylic acids is 1. The van der Waals surface area contributed by atoms with Crippen LogP contribution in [-0.2, 0) is 14.6 Å². The fourth-order valence-corrected chi connectivity index (χ4v) is 3.43. The van der Waals surface area contributed by atoms with Crippen molar-refractivity contribution in [3.63, 3.8) is 0 Å². The summed E-state index contributed by atoms with van der Waals surface area (Å²) in [7, 11) is -3.71. The Morgan fingerprint density at radius 1 is 1.25 bits per heavy atom. The minimum Gasteiger partial charge on any atom is -0.480 e. The Morgan fingerprint density at radius 3 is 2.15 bits per heavy atom. The highest BCUT2D eigenvalue weighted by Crippen LogP contribution is 2.23. The number of benzene rings is 1. The van der Waals surface area contributed by atoms with Gasteiger partial charge >= 0.3 is 5.97 Å². The van der Waals surface area contributed by atoms with Gasteiger partial charge in [-0.2, -0.15) is 0 Å². The highest BCUT2D eigenvalue weighted by molar-refractivity contribution is 7.91. The Morgan fingerprint density at radius 2 is 1.75 bits per heavy atom. The van der Waals surface area contributed by atoms with Crippen LogP contribution in [0.3, 0.4) is 0 Å².